The summed E-state index contributed by atoms with van der Waals surface area (Å²) in [6.07, 6.45) is 3.76. The number of aliphatic carboxylic acids is 1. The lowest BCUT2D eigenvalue weighted by atomic mass is 10.1. The van der Waals surface area contributed by atoms with Crippen molar-refractivity contribution in [2.45, 2.75) is 19.9 Å². The number of aliphatic hydroxyl groups excluding tert-OH is 1. The Hall–Kier alpha value is -1.65. The quantitative estimate of drug-likeness (QED) is 0.704. The fourth-order valence-corrected chi connectivity index (χ4v) is 1.95. The molecule has 0 saturated heterocycles. The molecule has 2 N–H and O–H groups in total. The molecule has 0 aliphatic heterocycles. The summed E-state index contributed by atoms with van der Waals surface area (Å²) in [5, 5.41) is 17.6. The van der Waals surface area contributed by atoms with Crippen molar-refractivity contribution in [1.82, 2.24) is 4.90 Å². The normalized spacial score (nSPS) is 11.3. The van der Waals surface area contributed by atoms with Crippen LogP contribution in [0.25, 0.3) is 6.08 Å². The molecule has 1 aromatic rings. The number of carboxylic acids is 1. The van der Waals surface area contributed by atoms with Gasteiger partial charge < -0.3 is 10.2 Å². The van der Waals surface area contributed by atoms with Gasteiger partial charge in [0.2, 0.25) is 0 Å². The predicted molar refractivity (Wildman–Crippen MR) is 75.8 cm³/mol. The van der Waals surface area contributed by atoms with Gasteiger partial charge in [-0.15, -0.1) is 0 Å². The molecule has 4 heteroatoms. The van der Waals surface area contributed by atoms with Gasteiger partial charge in [0.15, 0.2) is 0 Å². The number of carboxylic acid groups (broad SMARTS) is 1. The summed E-state index contributed by atoms with van der Waals surface area (Å²) in [4.78, 5) is 12.7. The van der Waals surface area contributed by atoms with Crippen LogP contribution in [0.1, 0.15) is 24.5 Å². The topological polar surface area (TPSA) is 60.8 Å². The average molecular weight is 263 g/mol. The molecule has 0 aliphatic rings. The van der Waals surface area contributed by atoms with Crippen LogP contribution in [0.15, 0.2) is 30.3 Å². The van der Waals surface area contributed by atoms with Crippen LogP contribution in [-0.4, -0.2) is 40.8 Å². The number of rotatable bonds is 8. The van der Waals surface area contributed by atoms with Gasteiger partial charge in [-0.05, 0) is 30.2 Å². The summed E-state index contributed by atoms with van der Waals surface area (Å²) in [5.74, 6) is -0.946. The highest BCUT2D eigenvalue weighted by Crippen LogP contribution is 2.10. The first-order valence-electron chi connectivity index (χ1n) is 6.49. The van der Waals surface area contributed by atoms with Crippen molar-refractivity contribution >= 4 is 12.0 Å². The van der Waals surface area contributed by atoms with Crippen molar-refractivity contribution < 1.29 is 15.0 Å². The molecule has 0 saturated carbocycles. The molecule has 0 unspecified atom stereocenters. The van der Waals surface area contributed by atoms with Crippen LogP contribution in [0.5, 0.6) is 0 Å². The smallest absolute Gasteiger partial charge is 0.328 e. The molecule has 0 aromatic heterocycles. The molecule has 0 heterocycles. The summed E-state index contributed by atoms with van der Waals surface area (Å²) in [7, 11) is 0. The third-order valence-corrected chi connectivity index (χ3v) is 2.73. The van der Waals surface area contributed by atoms with Crippen LogP contribution in [0, 0.1) is 0 Å². The Bertz CT molecular complexity index is 423. The van der Waals surface area contributed by atoms with E-state index in [0.717, 1.165) is 36.7 Å². The maximum absolute atomic E-state index is 10.5. The van der Waals surface area contributed by atoms with Gasteiger partial charge in [-0.2, -0.15) is 0 Å². The third-order valence-electron chi connectivity index (χ3n) is 2.73. The lowest BCUT2D eigenvalue weighted by Gasteiger charge is -2.20. The summed E-state index contributed by atoms with van der Waals surface area (Å²) >= 11 is 0. The van der Waals surface area contributed by atoms with Crippen LogP contribution in [0.3, 0.4) is 0 Å². The Balaban J connectivity index is 2.72. The van der Waals surface area contributed by atoms with E-state index in [1.165, 1.54) is 0 Å². The minimum Gasteiger partial charge on any atom is -0.478 e. The van der Waals surface area contributed by atoms with E-state index < -0.39 is 5.97 Å². The van der Waals surface area contributed by atoms with Crippen LogP contribution in [0.2, 0.25) is 0 Å². The third kappa shape index (κ3) is 6.18. The Kier molecular flexibility index (Phi) is 6.85. The summed E-state index contributed by atoms with van der Waals surface area (Å²) in [6.45, 7) is 4.62. The lowest BCUT2D eigenvalue weighted by molar-refractivity contribution is -0.131. The molecule has 0 atom stereocenters. The fraction of sp³-hybridized carbons (Fsp3) is 0.400. The van der Waals surface area contributed by atoms with Crippen LogP contribution >= 0.6 is 0 Å². The number of benzene rings is 1. The molecule has 0 radical (unpaired) electrons. The maximum Gasteiger partial charge on any atom is 0.328 e. The predicted octanol–water partition coefficient (Wildman–Crippen LogP) is 1.99. The first kappa shape index (κ1) is 15.4. The minimum atomic E-state index is -0.946. The zero-order valence-corrected chi connectivity index (χ0v) is 11.2. The number of hydrogen-bond acceptors (Lipinski definition) is 3. The van der Waals surface area contributed by atoms with Crippen LogP contribution in [0.4, 0.5) is 0 Å². The van der Waals surface area contributed by atoms with Crippen LogP contribution in [-0.2, 0) is 11.3 Å². The second-order valence-corrected chi connectivity index (χ2v) is 4.42. The molecule has 1 aromatic carbocycles. The first-order chi connectivity index (χ1) is 9.15. The Morgan fingerprint density at radius 2 is 2.16 bits per heavy atom. The maximum atomic E-state index is 10.5. The monoisotopic (exact) mass is 263 g/mol. The fourth-order valence-electron chi connectivity index (χ4n) is 1.95. The van der Waals surface area contributed by atoms with E-state index in [1.54, 1.807) is 6.08 Å². The molecular weight excluding hydrogens is 242 g/mol. The van der Waals surface area contributed by atoms with E-state index in [9.17, 15) is 4.79 Å². The van der Waals surface area contributed by atoms with Gasteiger partial charge in [-0.25, -0.2) is 4.79 Å². The van der Waals surface area contributed by atoms with Crippen molar-refractivity contribution in [2.75, 3.05) is 19.7 Å². The van der Waals surface area contributed by atoms with Gasteiger partial charge in [-0.3, -0.25) is 4.90 Å². The highest BCUT2D eigenvalue weighted by atomic mass is 16.4. The molecule has 0 aliphatic carbocycles. The van der Waals surface area contributed by atoms with Gasteiger partial charge in [0.1, 0.15) is 0 Å². The minimum absolute atomic E-state index is 0.151. The zero-order valence-electron chi connectivity index (χ0n) is 11.2. The second-order valence-electron chi connectivity index (χ2n) is 4.42. The van der Waals surface area contributed by atoms with Gasteiger partial charge >= 0.3 is 5.97 Å². The molecule has 0 bridgehead atoms. The zero-order chi connectivity index (χ0) is 14.1. The van der Waals surface area contributed by atoms with Crippen molar-refractivity contribution in [2.24, 2.45) is 0 Å². The van der Waals surface area contributed by atoms with Crippen molar-refractivity contribution in [3.8, 4) is 0 Å². The lowest BCUT2D eigenvalue weighted by Crippen LogP contribution is -2.27. The van der Waals surface area contributed by atoms with Crippen molar-refractivity contribution in [1.29, 1.82) is 0 Å². The standard InChI is InChI=1S/C15H21NO3/c1-2-8-16(9-10-17)12-14-5-3-4-13(11-14)6-7-15(18)19/h3-7,11,17H,2,8-10,12H2,1H3,(H,18,19). The molecule has 19 heavy (non-hydrogen) atoms. The van der Waals surface area contributed by atoms with Gasteiger partial charge in [-0.1, -0.05) is 31.2 Å². The number of carbonyl (C=O) groups is 1. The highest BCUT2D eigenvalue weighted by molar-refractivity contribution is 5.85. The largest absolute Gasteiger partial charge is 0.478 e. The van der Waals surface area contributed by atoms with E-state index in [4.69, 9.17) is 10.2 Å². The Morgan fingerprint density at radius 3 is 2.79 bits per heavy atom. The molecular formula is C15H21NO3. The molecule has 0 fully saturated rings. The summed E-state index contributed by atoms with van der Waals surface area (Å²) in [6, 6.07) is 7.77. The van der Waals surface area contributed by atoms with Gasteiger partial charge in [0, 0.05) is 19.2 Å². The van der Waals surface area contributed by atoms with E-state index in [0.29, 0.717) is 6.54 Å². The van der Waals surface area contributed by atoms with E-state index >= 15 is 0 Å². The van der Waals surface area contributed by atoms with Crippen LogP contribution < -0.4 is 0 Å². The molecule has 4 nitrogen and oxygen atoms in total. The Labute approximate surface area is 114 Å². The van der Waals surface area contributed by atoms with Gasteiger partial charge in [0.25, 0.3) is 0 Å². The molecule has 104 valence electrons. The summed E-state index contributed by atoms with van der Waals surface area (Å²) in [5.41, 5.74) is 2.00. The molecule has 1 rings (SSSR count). The highest BCUT2D eigenvalue weighted by Gasteiger charge is 2.04. The SMILES string of the molecule is CCCN(CCO)Cc1cccc(C=CC(=O)O)c1. The summed E-state index contributed by atoms with van der Waals surface area (Å²) < 4.78 is 0. The molecule has 0 spiro atoms. The number of nitrogens with zero attached hydrogens (tertiary/aromatic N) is 1. The second kappa shape index (κ2) is 8.45. The van der Waals surface area contributed by atoms with Gasteiger partial charge in [0.05, 0.1) is 6.61 Å². The van der Waals surface area contributed by atoms with Crippen molar-refractivity contribution in [3.05, 3.63) is 41.5 Å². The molecule has 0 amide bonds. The first-order valence-corrected chi connectivity index (χ1v) is 6.49. The van der Waals surface area contributed by atoms with Crippen molar-refractivity contribution in [3.63, 3.8) is 0 Å². The number of aliphatic hydroxyl groups is 1. The average Bonchev–Trinajstić information content (AvgIpc) is 2.37. The van der Waals surface area contributed by atoms with E-state index in [2.05, 4.69) is 11.8 Å². The Morgan fingerprint density at radius 1 is 1.37 bits per heavy atom. The number of hydrogen-bond donors (Lipinski definition) is 2. The van der Waals surface area contributed by atoms with E-state index in [1.807, 2.05) is 24.3 Å². The van der Waals surface area contributed by atoms with E-state index in [-0.39, 0.29) is 6.61 Å².